The van der Waals surface area contributed by atoms with Crippen LogP contribution in [0.1, 0.15) is 16.8 Å². The van der Waals surface area contributed by atoms with Gasteiger partial charge in [0.1, 0.15) is 0 Å². The third-order valence-electron chi connectivity index (χ3n) is 2.54. The molecule has 0 saturated heterocycles. The molecule has 0 aromatic carbocycles. The van der Waals surface area contributed by atoms with E-state index >= 15 is 0 Å². The van der Waals surface area contributed by atoms with Gasteiger partial charge in [0, 0.05) is 43.2 Å². The first-order chi connectivity index (χ1) is 7.27. The maximum atomic E-state index is 4.19. The molecule has 80 valence electrons. The van der Waals surface area contributed by atoms with Gasteiger partial charge in [-0.1, -0.05) is 0 Å². The Labute approximate surface area is 88.5 Å². The van der Waals surface area contributed by atoms with E-state index in [1.54, 1.807) is 0 Å². The standard InChI is InChI=1S/C10H15N5/c1-8-10(7-14-15(8)2)6-11-3-9-4-12-13-5-9/h4-5,7,11H,3,6H2,1-2H3,(H,12,13). The predicted molar refractivity (Wildman–Crippen MR) is 57.1 cm³/mol. The summed E-state index contributed by atoms with van der Waals surface area (Å²) < 4.78 is 1.88. The Morgan fingerprint density at radius 3 is 2.87 bits per heavy atom. The third-order valence-corrected chi connectivity index (χ3v) is 2.54. The van der Waals surface area contributed by atoms with E-state index in [1.807, 2.05) is 30.3 Å². The molecular formula is C10H15N5. The number of rotatable bonds is 4. The maximum absolute atomic E-state index is 4.19. The van der Waals surface area contributed by atoms with Crippen LogP contribution in [0.2, 0.25) is 0 Å². The van der Waals surface area contributed by atoms with Crippen LogP contribution in [0.5, 0.6) is 0 Å². The normalized spacial score (nSPS) is 10.8. The Morgan fingerprint density at radius 2 is 2.27 bits per heavy atom. The van der Waals surface area contributed by atoms with Crippen molar-refractivity contribution in [3.8, 4) is 0 Å². The van der Waals surface area contributed by atoms with Crippen LogP contribution in [0.4, 0.5) is 0 Å². The van der Waals surface area contributed by atoms with E-state index in [2.05, 4.69) is 27.5 Å². The van der Waals surface area contributed by atoms with Crippen molar-refractivity contribution in [1.82, 2.24) is 25.3 Å². The van der Waals surface area contributed by atoms with Crippen LogP contribution < -0.4 is 5.32 Å². The van der Waals surface area contributed by atoms with Crippen LogP contribution >= 0.6 is 0 Å². The van der Waals surface area contributed by atoms with Crippen LogP contribution in [0.25, 0.3) is 0 Å². The molecule has 2 aromatic rings. The quantitative estimate of drug-likeness (QED) is 0.774. The lowest BCUT2D eigenvalue weighted by molar-refractivity contribution is 0.685. The molecule has 2 heterocycles. The van der Waals surface area contributed by atoms with Crippen LogP contribution in [-0.4, -0.2) is 20.0 Å². The fourth-order valence-electron chi connectivity index (χ4n) is 1.43. The minimum atomic E-state index is 0.824. The Hall–Kier alpha value is -1.62. The van der Waals surface area contributed by atoms with E-state index < -0.39 is 0 Å². The molecule has 0 unspecified atom stereocenters. The molecule has 0 spiro atoms. The summed E-state index contributed by atoms with van der Waals surface area (Å²) in [5.41, 5.74) is 3.60. The van der Waals surface area contributed by atoms with Crippen molar-refractivity contribution < 1.29 is 0 Å². The van der Waals surface area contributed by atoms with E-state index in [1.165, 1.54) is 11.3 Å². The minimum absolute atomic E-state index is 0.824. The third kappa shape index (κ3) is 2.24. The maximum Gasteiger partial charge on any atom is 0.0537 e. The van der Waals surface area contributed by atoms with Gasteiger partial charge < -0.3 is 5.32 Å². The molecule has 5 heteroatoms. The Morgan fingerprint density at radius 1 is 1.40 bits per heavy atom. The summed E-state index contributed by atoms with van der Waals surface area (Å²) in [6.45, 7) is 3.73. The second-order valence-electron chi connectivity index (χ2n) is 3.59. The lowest BCUT2D eigenvalue weighted by Crippen LogP contribution is -2.12. The van der Waals surface area contributed by atoms with Crippen molar-refractivity contribution in [2.45, 2.75) is 20.0 Å². The van der Waals surface area contributed by atoms with Crippen molar-refractivity contribution >= 4 is 0 Å². The second kappa shape index (κ2) is 4.27. The van der Waals surface area contributed by atoms with Gasteiger partial charge in [0.2, 0.25) is 0 Å². The molecule has 5 nitrogen and oxygen atoms in total. The Bertz CT molecular complexity index is 415. The smallest absolute Gasteiger partial charge is 0.0537 e. The molecule has 0 bridgehead atoms. The zero-order valence-electron chi connectivity index (χ0n) is 8.99. The van der Waals surface area contributed by atoms with Gasteiger partial charge in [-0.05, 0) is 6.92 Å². The number of aromatic nitrogens is 4. The highest BCUT2D eigenvalue weighted by Gasteiger charge is 2.02. The molecule has 2 rings (SSSR count). The average molecular weight is 205 g/mol. The Balaban J connectivity index is 1.86. The SMILES string of the molecule is Cc1c(CNCc2cn[nH]c2)cnn1C. The fraction of sp³-hybridized carbons (Fsp3) is 0.400. The zero-order chi connectivity index (χ0) is 10.7. The van der Waals surface area contributed by atoms with E-state index in [9.17, 15) is 0 Å². The second-order valence-corrected chi connectivity index (χ2v) is 3.59. The average Bonchev–Trinajstić information content (AvgIpc) is 2.83. The van der Waals surface area contributed by atoms with Crippen molar-refractivity contribution in [2.24, 2.45) is 7.05 Å². The highest BCUT2D eigenvalue weighted by atomic mass is 15.3. The molecule has 2 aromatic heterocycles. The molecule has 0 fully saturated rings. The largest absolute Gasteiger partial charge is 0.308 e. The van der Waals surface area contributed by atoms with Gasteiger partial charge in [-0.15, -0.1) is 0 Å². The number of hydrogen-bond donors (Lipinski definition) is 2. The van der Waals surface area contributed by atoms with Crippen LogP contribution in [0.15, 0.2) is 18.6 Å². The molecular weight excluding hydrogens is 190 g/mol. The van der Waals surface area contributed by atoms with Gasteiger partial charge in [-0.25, -0.2) is 0 Å². The predicted octanol–water partition coefficient (Wildman–Crippen LogP) is 0.741. The van der Waals surface area contributed by atoms with E-state index in [4.69, 9.17) is 0 Å². The first-order valence-corrected chi connectivity index (χ1v) is 4.93. The summed E-state index contributed by atoms with van der Waals surface area (Å²) in [5.74, 6) is 0. The number of nitrogens with zero attached hydrogens (tertiary/aromatic N) is 3. The highest BCUT2D eigenvalue weighted by molar-refractivity contribution is 5.15. The molecule has 2 N–H and O–H groups in total. The van der Waals surface area contributed by atoms with E-state index in [0.29, 0.717) is 0 Å². The van der Waals surface area contributed by atoms with Gasteiger partial charge in [0.05, 0.1) is 12.4 Å². The monoisotopic (exact) mass is 205 g/mol. The molecule has 0 saturated carbocycles. The number of nitrogens with one attached hydrogen (secondary N) is 2. The highest BCUT2D eigenvalue weighted by Crippen LogP contribution is 2.05. The topological polar surface area (TPSA) is 58.5 Å². The first kappa shape index (κ1) is 9.92. The lowest BCUT2D eigenvalue weighted by Gasteiger charge is -2.02. The lowest BCUT2D eigenvalue weighted by atomic mass is 10.2. The van der Waals surface area contributed by atoms with Crippen molar-refractivity contribution in [1.29, 1.82) is 0 Å². The molecule has 0 aliphatic heterocycles. The molecule has 0 amide bonds. The fourth-order valence-corrected chi connectivity index (χ4v) is 1.43. The number of aromatic amines is 1. The van der Waals surface area contributed by atoms with Gasteiger partial charge in [-0.3, -0.25) is 9.78 Å². The molecule has 0 radical (unpaired) electrons. The molecule has 0 aliphatic rings. The van der Waals surface area contributed by atoms with Crippen LogP contribution in [0.3, 0.4) is 0 Å². The zero-order valence-corrected chi connectivity index (χ0v) is 8.99. The van der Waals surface area contributed by atoms with Crippen LogP contribution in [-0.2, 0) is 20.1 Å². The van der Waals surface area contributed by atoms with Gasteiger partial charge in [0.25, 0.3) is 0 Å². The van der Waals surface area contributed by atoms with E-state index in [0.717, 1.165) is 18.7 Å². The summed E-state index contributed by atoms with van der Waals surface area (Å²) in [6, 6.07) is 0. The summed E-state index contributed by atoms with van der Waals surface area (Å²) >= 11 is 0. The van der Waals surface area contributed by atoms with Crippen LogP contribution in [0, 0.1) is 6.92 Å². The van der Waals surface area contributed by atoms with Crippen molar-refractivity contribution in [3.63, 3.8) is 0 Å². The Kier molecular flexibility index (Phi) is 2.82. The molecule has 15 heavy (non-hydrogen) atoms. The number of aryl methyl sites for hydroxylation is 1. The first-order valence-electron chi connectivity index (χ1n) is 4.93. The summed E-state index contributed by atoms with van der Waals surface area (Å²) in [5, 5.41) is 14.2. The van der Waals surface area contributed by atoms with Crippen molar-refractivity contribution in [2.75, 3.05) is 0 Å². The summed E-state index contributed by atoms with van der Waals surface area (Å²) in [4.78, 5) is 0. The molecule has 0 atom stereocenters. The molecule has 0 aliphatic carbocycles. The number of hydrogen-bond acceptors (Lipinski definition) is 3. The van der Waals surface area contributed by atoms with Gasteiger partial charge >= 0.3 is 0 Å². The minimum Gasteiger partial charge on any atom is -0.308 e. The summed E-state index contributed by atoms with van der Waals surface area (Å²) in [7, 11) is 1.95. The van der Waals surface area contributed by atoms with Gasteiger partial charge in [0.15, 0.2) is 0 Å². The van der Waals surface area contributed by atoms with Crippen molar-refractivity contribution in [3.05, 3.63) is 35.4 Å². The van der Waals surface area contributed by atoms with E-state index in [-0.39, 0.29) is 0 Å². The number of H-pyrrole nitrogens is 1. The summed E-state index contributed by atoms with van der Waals surface area (Å²) in [6.07, 6.45) is 5.61. The van der Waals surface area contributed by atoms with Gasteiger partial charge in [-0.2, -0.15) is 10.2 Å².